The van der Waals surface area contributed by atoms with Crippen molar-refractivity contribution in [2.75, 3.05) is 6.26 Å². The molecule has 3 nitrogen and oxygen atoms in total. The molecule has 0 atom stereocenters. The molecule has 0 saturated carbocycles. The van der Waals surface area contributed by atoms with Crippen LogP contribution in [-0.2, 0) is 6.18 Å². The van der Waals surface area contributed by atoms with Crippen LogP contribution in [0.4, 0.5) is 22.0 Å². The van der Waals surface area contributed by atoms with Crippen LogP contribution in [0.2, 0.25) is 0 Å². The number of thioether (sulfide) groups is 1. The summed E-state index contributed by atoms with van der Waals surface area (Å²) in [6.07, 6.45) is -3.63. The highest BCUT2D eigenvalue weighted by Gasteiger charge is 2.40. The number of rotatable bonds is 1. The number of benzene rings is 1. The summed E-state index contributed by atoms with van der Waals surface area (Å²) in [4.78, 5) is 6.97. The van der Waals surface area contributed by atoms with E-state index in [1.165, 1.54) is 6.26 Å². The molecular formula is C10H4BrF5N2OS. The van der Waals surface area contributed by atoms with Crippen LogP contribution in [0.5, 0.6) is 5.88 Å². The number of hydrogen-bond acceptors (Lipinski definition) is 4. The van der Waals surface area contributed by atoms with Gasteiger partial charge in [0.1, 0.15) is 16.5 Å². The molecule has 1 aromatic carbocycles. The minimum absolute atomic E-state index is 0.0973. The van der Waals surface area contributed by atoms with Crippen molar-refractivity contribution in [3.8, 4) is 5.88 Å². The van der Waals surface area contributed by atoms with Crippen molar-refractivity contribution in [2.45, 2.75) is 11.3 Å². The van der Waals surface area contributed by atoms with E-state index in [9.17, 15) is 27.1 Å². The smallest absolute Gasteiger partial charge is 0.420 e. The van der Waals surface area contributed by atoms with Crippen LogP contribution in [-0.4, -0.2) is 21.3 Å². The van der Waals surface area contributed by atoms with Crippen molar-refractivity contribution < 1.29 is 27.1 Å². The monoisotopic (exact) mass is 374 g/mol. The molecule has 2 aromatic rings. The Kier molecular flexibility index (Phi) is 3.80. The maximum absolute atomic E-state index is 13.9. The van der Waals surface area contributed by atoms with Crippen molar-refractivity contribution in [3.63, 3.8) is 0 Å². The van der Waals surface area contributed by atoms with Gasteiger partial charge >= 0.3 is 6.18 Å². The van der Waals surface area contributed by atoms with Gasteiger partial charge < -0.3 is 5.11 Å². The zero-order valence-electron chi connectivity index (χ0n) is 9.52. The van der Waals surface area contributed by atoms with Crippen LogP contribution >= 0.6 is 27.7 Å². The molecule has 1 aromatic heterocycles. The minimum Gasteiger partial charge on any atom is -0.493 e. The van der Waals surface area contributed by atoms with Crippen LogP contribution in [0.3, 0.4) is 0 Å². The second kappa shape index (κ2) is 4.99. The van der Waals surface area contributed by atoms with E-state index < -0.39 is 44.6 Å². The summed E-state index contributed by atoms with van der Waals surface area (Å²) < 4.78 is 65.0. The van der Waals surface area contributed by atoms with Gasteiger partial charge in [-0.2, -0.15) is 18.2 Å². The Morgan fingerprint density at radius 3 is 2.25 bits per heavy atom. The largest absolute Gasteiger partial charge is 0.493 e. The van der Waals surface area contributed by atoms with Crippen LogP contribution < -0.4 is 0 Å². The topological polar surface area (TPSA) is 46.0 Å². The number of fused-ring (bicyclic) bond motifs is 1. The molecule has 1 heterocycles. The lowest BCUT2D eigenvalue weighted by atomic mass is 10.1. The SMILES string of the molecule is CSc1nc(O)c2c(F)c(C(F)(F)F)c(Br)c(F)c2n1. The number of aromatic hydroxyl groups is 1. The van der Waals surface area contributed by atoms with Gasteiger partial charge in [-0.05, 0) is 22.2 Å². The van der Waals surface area contributed by atoms with Gasteiger partial charge in [0.2, 0.25) is 5.88 Å². The Hall–Kier alpha value is -1.16. The minimum atomic E-state index is -5.14. The van der Waals surface area contributed by atoms with Gasteiger partial charge in [0.25, 0.3) is 0 Å². The molecule has 0 saturated heterocycles. The van der Waals surface area contributed by atoms with Crippen LogP contribution in [0, 0.1) is 11.6 Å². The average molecular weight is 375 g/mol. The van der Waals surface area contributed by atoms with Gasteiger partial charge in [0, 0.05) is 0 Å². The molecule has 0 aliphatic carbocycles. The van der Waals surface area contributed by atoms with E-state index in [1.807, 2.05) is 0 Å². The molecule has 108 valence electrons. The maximum Gasteiger partial charge on any atom is 0.420 e. The number of alkyl halides is 3. The molecular weight excluding hydrogens is 371 g/mol. The van der Waals surface area contributed by atoms with Gasteiger partial charge in [-0.3, -0.25) is 0 Å². The van der Waals surface area contributed by atoms with Crippen molar-refractivity contribution in [3.05, 3.63) is 21.7 Å². The number of nitrogens with zero attached hydrogens (tertiary/aromatic N) is 2. The van der Waals surface area contributed by atoms with Crippen molar-refractivity contribution in [1.82, 2.24) is 9.97 Å². The highest BCUT2D eigenvalue weighted by molar-refractivity contribution is 9.10. The predicted molar refractivity (Wildman–Crippen MR) is 65.6 cm³/mol. The first-order valence-corrected chi connectivity index (χ1v) is 6.88. The summed E-state index contributed by atoms with van der Waals surface area (Å²) in [5.41, 5.74) is -2.57. The first-order chi connectivity index (χ1) is 9.18. The molecule has 0 spiro atoms. The average Bonchev–Trinajstić information content (AvgIpc) is 2.33. The highest BCUT2D eigenvalue weighted by atomic mass is 79.9. The fourth-order valence-electron chi connectivity index (χ4n) is 1.57. The van der Waals surface area contributed by atoms with Gasteiger partial charge in [-0.25, -0.2) is 13.8 Å². The zero-order valence-corrected chi connectivity index (χ0v) is 11.9. The summed E-state index contributed by atoms with van der Waals surface area (Å²) in [7, 11) is 0. The predicted octanol–water partition coefficient (Wildman–Crippen LogP) is 4.12. The summed E-state index contributed by atoms with van der Waals surface area (Å²) in [5.74, 6) is -4.29. The summed E-state index contributed by atoms with van der Waals surface area (Å²) >= 11 is 3.29. The number of hydrogen-bond donors (Lipinski definition) is 1. The summed E-state index contributed by atoms with van der Waals surface area (Å²) in [6.45, 7) is 0. The van der Waals surface area contributed by atoms with Gasteiger partial charge in [0.05, 0.1) is 4.47 Å². The molecule has 0 aliphatic heterocycles. The summed E-state index contributed by atoms with van der Waals surface area (Å²) in [6, 6.07) is 0. The first-order valence-electron chi connectivity index (χ1n) is 4.86. The quantitative estimate of drug-likeness (QED) is 0.353. The Morgan fingerprint density at radius 1 is 1.15 bits per heavy atom. The third-order valence-corrected chi connectivity index (χ3v) is 3.69. The van der Waals surface area contributed by atoms with Crippen LogP contribution in [0.25, 0.3) is 10.9 Å². The molecule has 0 radical (unpaired) electrons. The van der Waals surface area contributed by atoms with Gasteiger partial charge in [-0.15, -0.1) is 0 Å². The fourth-order valence-corrected chi connectivity index (χ4v) is 2.51. The Balaban J connectivity index is 3.01. The lowest BCUT2D eigenvalue weighted by Gasteiger charge is -2.14. The zero-order chi connectivity index (χ0) is 15.2. The molecule has 0 aliphatic rings. The normalized spacial score (nSPS) is 12.2. The lowest BCUT2D eigenvalue weighted by molar-refractivity contribution is -0.140. The van der Waals surface area contributed by atoms with E-state index in [4.69, 9.17) is 0 Å². The Labute approximate surface area is 121 Å². The van der Waals surface area contributed by atoms with E-state index in [1.54, 1.807) is 0 Å². The van der Waals surface area contributed by atoms with Crippen molar-refractivity contribution in [2.24, 2.45) is 0 Å². The van der Waals surface area contributed by atoms with Crippen molar-refractivity contribution >= 4 is 38.6 Å². The van der Waals surface area contributed by atoms with Crippen LogP contribution in [0.15, 0.2) is 9.63 Å². The maximum atomic E-state index is 13.9. The standard InChI is InChI=1S/C10H4BrF5N2OS/c1-20-9-17-7-2(8(19)18-9)5(12)3(10(14,15)16)4(11)6(7)13/h1H3,(H,17,18,19). The third kappa shape index (κ3) is 2.30. The molecule has 0 unspecified atom stereocenters. The van der Waals surface area contributed by atoms with E-state index in [-0.39, 0.29) is 5.16 Å². The third-order valence-electron chi connectivity index (χ3n) is 2.39. The van der Waals surface area contributed by atoms with Gasteiger partial charge in [0.15, 0.2) is 16.8 Å². The Morgan fingerprint density at radius 2 is 1.75 bits per heavy atom. The molecule has 0 fully saturated rings. The van der Waals surface area contributed by atoms with Gasteiger partial charge in [-0.1, -0.05) is 11.8 Å². The first kappa shape index (κ1) is 15.2. The Bertz CT molecular complexity index is 707. The van der Waals surface area contributed by atoms with E-state index >= 15 is 0 Å². The molecule has 10 heteroatoms. The second-order valence-corrected chi connectivity index (χ2v) is 5.14. The van der Waals surface area contributed by atoms with E-state index in [2.05, 4.69) is 25.9 Å². The van der Waals surface area contributed by atoms with E-state index in [0.29, 0.717) is 0 Å². The van der Waals surface area contributed by atoms with Crippen molar-refractivity contribution in [1.29, 1.82) is 0 Å². The lowest BCUT2D eigenvalue weighted by Crippen LogP contribution is -2.12. The molecule has 0 amide bonds. The molecule has 2 rings (SSSR count). The van der Waals surface area contributed by atoms with E-state index in [0.717, 1.165) is 11.8 Å². The molecule has 20 heavy (non-hydrogen) atoms. The fraction of sp³-hybridized carbons (Fsp3) is 0.200. The highest BCUT2D eigenvalue weighted by Crippen LogP contribution is 2.43. The second-order valence-electron chi connectivity index (χ2n) is 3.57. The molecule has 1 N–H and O–H groups in total. The molecule has 0 bridgehead atoms. The number of aromatic nitrogens is 2. The summed E-state index contributed by atoms with van der Waals surface area (Å²) in [5, 5.41) is 8.41. The number of halogens is 6. The van der Waals surface area contributed by atoms with Crippen LogP contribution in [0.1, 0.15) is 5.56 Å².